The zero-order valence-electron chi connectivity index (χ0n) is 17.8. The molecule has 0 radical (unpaired) electrons. The van der Waals surface area contributed by atoms with Crippen LogP contribution in [0.15, 0.2) is 78.9 Å². The highest BCUT2D eigenvalue weighted by molar-refractivity contribution is 6.10. The zero-order chi connectivity index (χ0) is 22.8. The standard InChI is InChI=1S/C26H22FN5O/c27-19-12-10-17(11-13-19)14-15-29-26(33)22-23-25(31-21-9-5-4-8-20(21)30-23)32(24(22)28)16-18-6-2-1-3-7-18/h1-13H,14-16,28H2,(H,29,33). The molecule has 6 nitrogen and oxygen atoms in total. The van der Waals surface area contributed by atoms with Crippen LogP contribution in [0.25, 0.3) is 22.2 Å². The number of anilines is 1. The number of hydrogen-bond acceptors (Lipinski definition) is 4. The molecule has 5 aromatic rings. The van der Waals surface area contributed by atoms with Crippen LogP contribution < -0.4 is 11.1 Å². The van der Waals surface area contributed by atoms with Crippen LogP contribution in [0, 0.1) is 5.82 Å². The first-order valence-corrected chi connectivity index (χ1v) is 10.7. The van der Waals surface area contributed by atoms with Gasteiger partial charge >= 0.3 is 0 Å². The van der Waals surface area contributed by atoms with Gasteiger partial charge in [0.05, 0.1) is 17.6 Å². The molecule has 3 N–H and O–H groups in total. The lowest BCUT2D eigenvalue weighted by Gasteiger charge is -2.08. The highest BCUT2D eigenvalue weighted by atomic mass is 19.1. The first kappa shape index (κ1) is 20.6. The molecule has 2 heterocycles. The Morgan fingerprint density at radius 1 is 0.879 bits per heavy atom. The van der Waals surface area contributed by atoms with Crippen molar-refractivity contribution >= 4 is 33.9 Å². The van der Waals surface area contributed by atoms with E-state index in [9.17, 15) is 9.18 Å². The average molecular weight is 439 g/mol. The van der Waals surface area contributed by atoms with Gasteiger partial charge in [-0.05, 0) is 41.8 Å². The first-order chi connectivity index (χ1) is 16.1. The third-order valence-electron chi connectivity index (χ3n) is 5.61. The van der Waals surface area contributed by atoms with Gasteiger partial charge in [0.15, 0.2) is 5.65 Å². The summed E-state index contributed by atoms with van der Waals surface area (Å²) in [7, 11) is 0. The lowest BCUT2D eigenvalue weighted by atomic mass is 10.1. The smallest absolute Gasteiger partial charge is 0.257 e. The lowest BCUT2D eigenvalue weighted by molar-refractivity contribution is 0.0956. The number of nitrogen functional groups attached to an aromatic ring is 1. The molecule has 0 aliphatic rings. The minimum atomic E-state index is -0.309. The quantitative estimate of drug-likeness (QED) is 0.412. The number of nitrogens with two attached hydrogens (primary N) is 1. The third kappa shape index (κ3) is 4.13. The van der Waals surface area contributed by atoms with E-state index in [4.69, 9.17) is 15.7 Å². The van der Waals surface area contributed by atoms with E-state index in [1.807, 2.05) is 59.2 Å². The number of rotatable bonds is 6. The highest BCUT2D eigenvalue weighted by Crippen LogP contribution is 2.28. The average Bonchev–Trinajstić information content (AvgIpc) is 3.10. The van der Waals surface area contributed by atoms with Gasteiger partial charge < -0.3 is 15.6 Å². The molecule has 0 saturated carbocycles. The van der Waals surface area contributed by atoms with E-state index in [1.54, 1.807) is 12.1 Å². The van der Waals surface area contributed by atoms with Gasteiger partial charge in [0, 0.05) is 6.54 Å². The highest BCUT2D eigenvalue weighted by Gasteiger charge is 2.24. The minimum Gasteiger partial charge on any atom is -0.384 e. The van der Waals surface area contributed by atoms with E-state index in [-0.39, 0.29) is 11.7 Å². The Kier molecular flexibility index (Phi) is 5.44. The van der Waals surface area contributed by atoms with Crippen molar-refractivity contribution in [3.8, 4) is 0 Å². The summed E-state index contributed by atoms with van der Waals surface area (Å²) in [5.74, 6) is -0.271. The van der Waals surface area contributed by atoms with Gasteiger partial charge in [-0.3, -0.25) is 4.79 Å². The summed E-state index contributed by atoms with van der Waals surface area (Å²) in [4.78, 5) is 22.7. The number of para-hydroxylation sites is 2. The van der Waals surface area contributed by atoms with E-state index in [0.717, 1.165) is 16.6 Å². The maximum Gasteiger partial charge on any atom is 0.257 e. The summed E-state index contributed by atoms with van der Waals surface area (Å²) in [6.07, 6.45) is 0.573. The minimum absolute atomic E-state index is 0.285. The second-order valence-corrected chi connectivity index (χ2v) is 7.85. The Labute approximate surface area is 189 Å². The van der Waals surface area contributed by atoms with Crippen LogP contribution in [0.4, 0.5) is 10.2 Å². The maximum atomic E-state index is 13.2. The van der Waals surface area contributed by atoms with Gasteiger partial charge in [-0.25, -0.2) is 14.4 Å². The van der Waals surface area contributed by atoms with Gasteiger partial charge in [0.2, 0.25) is 0 Å². The van der Waals surface area contributed by atoms with Crippen molar-refractivity contribution in [1.82, 2.24) is 19.9 Å². The zero-order valence-corrected chi connectivity index (χ0v) is 17.8. The molecular formula is C26H22FN5O. The van der Waals surface area contributed by atoms with E-state index >= 15 is 0 Å². The van der Waals surface area contributed by atoms with Crippen molar-refractivity contribution < 1.29 is 9.18 Å². The van der Waals surface area contributed by atoms with Crippen LogP contribution in [0.2, 0.25) is 0 Å². The molecule has 1 amide bonds. The number of nitrogens with one attached hydrogen (secondary N) is 1. The number of carbonyl (C=O) groups excluding carboxylic acids is 1. The Bertz CT molecular complexity index is 1450. The predicted molar refractivity (Wildman–Crippen MR) is 127 cm³/mol. The summed E-state index contributed by atoms with van der Waals surface area (Å²) < 4.78 is 15.0. The van der Waals surface area contributed by atoms with Gasteiger partial charge in [-0.1, -0.05) is 54.6 Å². The number of hydrogen-bond donors (Lipinski definition) is 2. The predicted octanol–water partition coefficient (Wildman–Crippen LogP) is 4.33. The molecule has 7 heteroatoms. The third-order valence-corrected chi connectivity index (χ3v) is 5.61. The SMILES string of the molecule is Nc1c(C(=O)NCCc2ccc(F)cc2)c2nc3ccccc3nc2n1Cc1ccccc1. The van der Waals surface area contributed by atoms with Crippen LogP contribution in [0.1, 0.15) is 21.5 Å². The number of aromatic nitrogens is 3. The van der Waals surface area contributed by atoms with Crippen molar-refractivity contribution in [2.24, 2.45) is 0 Å². The van der Waals surface area contributed by atoms with Crippen molar-refractivity contribution in [1.29, 1.82) is 0 Å². The molecule has 164 valence electrons. The van der Waals surface area contributed by atoms with Crippen molar-refractivity contribution in [2.75, 3.05) is 12.3 Å². The fourth-order valence-electron chi connectivity index (χ4n) is 3.93. The molecule has 0 atom stereocenters. The summed E-state index contributed by atoms with van der Waals surface area (Å²) in [5.41, 5.74) is 11.3. The Balaban J connectivity index is 1.51. The lowest BCUT2D eigenvalue weighted by Crippen LogP contribution is -2.26. The molecule has 0 bridgehead atoms. The normalized spacial score (nSPS) is 11.2. The van der Waals surface area contributed by atoms with E-state index in [1.165, 1.54) is 12.1 Å². The van der Waals surface area contributed by atoms with Crippen LogP contribution >= 0.6 is 0 Å². The molecule has 0 aliphatic heterocycles. The molecule has 0 fully saturated rings. The van der Waals surface area contributed by atoms with Crippen LogP contribution in [0.3, 0.4) is 0 Å². The number of amides is 1. The number of benzene rings is 3. The fourth-order valence-corrected chi connectivity index (χ4v) is 3.93. The molecule has 0 spiro atoms. The summed E-state index contributed by atoms with van der Waals surface area (Å²) in [5, 5.41) is 2.93. The number of nitrogens with zero attached hydrogens (tertiary/aromatic N) is 3. The molecular weight excluding hydrogens is 417 g/mol. The van der Waals surface area contributed by atoms with E-state index in [2.05, 4.69) is 5.32 Å². The fraction of sp³-hybridized carbons (Fsp3) is 0.115. The largest absolute Gasteiger partial charge is 0.384 e. The molecule has 0 aliphatic carbocycles. The first-order valence-electron chi connectivity index (χ1n) is 10.7. The number of fused-ring (bicyclic) bond motifs is 2. The van der Waals surface area contributed by atoms with Crippen LogP contribution in [-0.2, 0) is 13.0 Å². The Morgan fingerprint density at radius 3 is 2.27 bits per heavy atom. The monoisotopic (exact) mass is 439 g/mol. The van der Waals surface area contributed by atoms with Crippen LogP contribution in [0.5, 0.6) is 0 Å². The van der Waals surface area contributed by atoms with Crippen molar-refractivity contribution in [2.45, 2.75) is 13.0 Å². The summed E-state index contributed by atoms with van der Waals surface area (Å²) in [6, 6.07) is 23.7. The molecule has 0 saturated heterocycles. The van der Waals surface area contributed by atoms with E-state index in [0.29, 0.717) is 47.6 Å². The number of halogens is 1. The molecule has 0 unspecified atom stereocenters. The molecule has 5 rings (SSSR count). The van der Waals surface area contributed by atoms with Crippen molar-refractivity contribution in [3.63, 3.8) is 0 Å². The van der Waals surface area contributed by atoms with Crippen molar-refractivity contribution in [3.05, 3.63) is 101 Å². The summed E-state index contributed by atoms with van der Waals surface area (Å²) in [6.45, 7) is 0.856. The summed E-state index contributed by atoms with van der Waals surface area (Å²) >= 11 is 0. The van der Waals surface area contributed by atoms with Gasteiger partial charge in [-0.15, -0.1) is 0 Å². The maximum absolute atomic E-state index is 13.2. The van der Waals surface area contributed by atoms with E-state index < -0.39 is 0 Å². The molecule has 2 aromatic heterocycles. The Morgan fingerprint density at radius 2 is 1.55 bits per heavy atom. The van der Waals surface area contributed by atoms with Gasteiger partial charge in [0.1, 0.15) is 22.7 Å². The van der Waals surface area contributed by atoms with Crippen LogP contribution in [-0.4, -0.2) is 27.0 Å². The van der Waals surface area contributed by atoms with Gasteiger partial charge in [0.25, 0.3) is 5.91 Å². The second kappa shape index (κ2) is 8.70. The molecule has 3 aromatic carbocycles. The topological polar surface area (TPSA) is 85.8 Å². The number of carbonyl (C=O) groups is 1. The van der Waals surface area contributed by atoms with Gasteiger partial charge in [-0.2, -0.15) is 0 Å². The Hall–Kier alpha value is -4.26. The molecule has 33 heavy (non-hydrogen) atoms. The second-order valence-electron chi connectivity index (χ2n) is 7.85.